The maximum absolute atomic E-state index is 13.2. The predicted molar refractivity (Wildman–Crippen MR) is 230 cm³/mol. The standard InChI is InChI=1S/C43H84O5Si3/c1-35(2,3)49(36(4,5)6,37(7,8)9)46-31-28-30(34(44)45)29-32(47-50(38(10,11)12,39(13,14)15)40(16,17)18)33(31)48-51(41(19,20)21,42(22,23)24)43(25,26)27/h28-29H,1-27H3,(H,44,45). The smallest absolute Gasteiger partial charge is 0.335 e. The number of hydrogen-bond acceptors (Lipinski definition) is 4. The number of rotatable bonds is 7. The van der Waals surface area contributed by atoms with Crippen molar-refractivity contribution >= 4 is 30.9 Å². The lowest BCUT2D eigenvalue weighted by Gasteiger charge is -2.60. The molecule has 0 amide bonds. The van der Waals surface area contributed by atoms with Crippen LogP contribution in [0.5, 0.6) is 17.2 Å². The Labute approximate surface area is 320 Å². The first-order valence-electron chi connectivity index (χ1n) is 19.3. The van der Waals surface area contributed by atoms with Crippen molar-refractivity contribution in [2.45, 2.75) is 232 Å². The molecule has 1 N–H and O–H groups in total. The maximum Gasteiger partial charge on any atom is 0.335 e. The lowest BCUT2D eigenvalue weighted by atomic mass is 10.2. The molecule has 0 aliphatic carbocycles. The molecule has 0 saturated carbocycles. The Morgan fingerprint density at radius 3 is 0.725 bits per heavy atom. The highest BCUT2D eigenvalue weighted by Gasteiger charge is 2.68. The molecule has 51 heavy (non-hydrogen) atoms. The van der Waals surface area contributed by atoms with Crippen LogP contribution in [0.1, 0.15) is 197 Å². The van der Waals surface area contributed by atoms with Crippen LogP contribution in [0.15, 0.2) is 12.1 Å². The molecular formula is C43H84O5Si3. The van der Waals surface area contributed by atoms with E-state index in [0.717, 1.165) is 0 Å². The van der Waals surface area contributed by atoms with E-state index >= 15 is 0 Å². The minimum atomic E-state index is -2.95. The molecule has 0 unspecified atom stereocenters. The second-order valence-corrected chi connectivity index (χ2v) is 42.9. The molecule has 5 nitrogen and oxygen atoms in total. The molecule has 1 rings (SSSR count). The number of carboxylic acids is 1. The molecular weight excluding hydrogens is 681 g/mol. The first-order valence-corrected chi connectivity index (χ1v) is 25.0. The summed E-state index contributed by atoms with van der Waals surface area (Å²) in [7, 11) is -8.82. The Hall–Kier alpha value is -1.26. The van der Waals surface area contributed by atoms with Crippen LogP contribution in [0.4, 0.5) is 0 Å². The van der Waals surface area contributed by atoms with E-state index in [-0.39, 0.29) is 50.9 Å². The third-order valence-electron chi connectivity index (χ3n) is 11.6. The van der Waals surface area contributed by atoms with E-state index in [9.17, 15) is 9.90 Å². The maximum atomic E-state index is 13.2. The van der Waals surface area contributed by atoms with Gasteiger partial charge < -0.3 is 18.4 Å². The summed E-state index contributed by atoms with van der Waals surface area (Å²) in [6.07, 6.45) is 0. The van der Waals surface area contributed by atoms with Crippen molar-refractivity contribution in [1.29, 1.82) is 0 Å². The minimum Gasteiger partial charge on any atom is -0.539 e. The summed E-state index contributed by atoms with van der Waals surface area (Å²) in [5.74, 6) is 0.582. The van der Waals surface area contributed by atoms with E-state index in [1.165, 1.54) is 0 Å². The zero-order chi connectivity index (χ0) is 41.4. The van der Waals surface area contributed by atoms with Gasteiger partial charge in [-0.1, -0.05) is 187 Å². The van der Waals surface area contributed by atoms with Gasteiger partial charge in [-0.2, -0.15) is 0 Å². The highest BCUT2D eigenvalue weighted by molar-refractivity contribution is 6.84. The second-order valence-electron chi connectivity index (χ2n) is 24.7. The third kappa shape index (κ3) is 8.09. The summed E-state index contributed by atoms with van der Waals surface area (Å²) in [5, 5.41) is 8.75. The molecule has 0 aromatic heterocycles. The van der Waals surface area contributed by atoms with Crippen LogP contribution in [-0.4, -0.2) is 36.0 Å². The van der Waals surface area contributed by atoms with Crippen LogP contribution in [0, 0.1) is 0 Å². The molecule has 0 aliphatic heterocycles. The van der Waals surface area contributed by atoms with Gasteiger partial charge in [-0.15, -0.1) is 0 Å². The van der Waals surface area contributed by atoms with Crippen LogP contribution in [0.25, 0.3) is 0 Å². The van der Waals surface area contributed by atoms with Crippen LogP contribution in [0.3, 0.4) is 0 Å². The van der Waals surface area contributed by atoms with Gasteiger partial charge in [0.25, 0.3) is 25.0 Å². The fourth-order valence-electron chi connectivity index (χ4n) is 12.9. The Morgan fingerprint density at radius 2 is 0.569 bits per heavy atom. The summed E-state index contributed by atoms with van der Waals surface area (Å²) in [4.78, 5) is 13.2. The third-order valence-corrected chi connectivity index (χ3v) is 32.1. The SMILES string of the molecule is CC(C)(C)[Si](Oc1cc(C(=O)O)cc(O[Si](C(C)(C)C)(C(C)(C)C)C(C)(C)C)c1O[Si](C(C)(C)C)(C(C)(C)C)C(C)(C)C)(C(C)(C)C)C(C)(C)C. The van der Waals surface area contributed by atoms with Crippen molar-refractivity contribution in [2.24, 2.45) is 0 Å². The largest absolute Gasteiger partial charge is 0.539 e. The fraction of sp³-hybridized carbons (Fsp3) is 0.837. The van der Waals surface area contributed by atoms with Gasteiger partial charge in [-0.3, -0.25) is 0 Å². The average Bonchev–Trinajstić information content (AvgIpc) is 2.76. The highest BCUT2D eigenvalue weighted by Crippen LogP contribution is 2.68. The molecule has 0 atom stereocenters. The van der Waals surface area contributed by atoms with Crippen molar-refractivity contribution in [3.05, 3.63) is 17.7 Å². The molecule has 0 aliphatic rings. The van der Waals surface area contributed by atoms with E-state index < -0.39 is 30.9 Å². The molecule has 1 aromatic rings. The summed E-state index contributed by atoms with van der Waals surface area (Å²) in [6, 6.07) is 3.49. The highest BCUT2D eigenvalue weighted by atomic mass is 28.4. The molecule has 0 bridgehead atoms. The monoisotopic (exact) mass is 765 g/mol. The average molecular weight is 765 g/mol. The van der Waals surface area contributed by atoms with Crippen molar-refractivity contribution < 1.29 is 23.2 Å². The summed E-state index contributed by atoms with van der Waals surface area (Å²) in [5.41, 5.74) is 0.154. The molecule has 0 saturated heterocycles. The zero-order valence-electron chi connectivity index (χ0n) is 38.7. The Balaban J connectivity index is 5.01. The normalized spacial score (nSPS) is 15.5. The number of hydrogen-bond donors (Lipinski definition) is 1. The molecule has 0 radical (unpaired) electrons. The first kappa shape index (κ1) is 47.8. The van der Waals surface area contributed by atoms with Gasteiger partial charge >= 0.3 is 5.97 Å². The molecule has 0 spiro atoms. The van der Waals surface area contributed by atoms with Crippen LogP contribution >= 0.6 is 0 Å². The van der Waals surface area contributed by atoms with Gasteiger partial charge in [0.1, 0.15) is 11.5 Å². The van der Waals surface area contributed by atoms with Gasteiger partial charge in [0.15, 0.2) is 5.75 Å². The van der Waals surface area contributed by atoms with Gasteiger partial charge in [-0.05, 0) is 57.5 Å². The molecule has 0 fully saturated rings. The van der Waals surface area contributed by atoms with Crippen molar-refractivity contribution in [2.75, 3.05) is 0 Å². The van der Waals surface area contributed by atoms with Crippen molar-refractivity contribution in [3.63, 3.8) is 0 Å². The lowest BCUT2D eigenvalue weighted by molar-refractivity contribution is 0.0696. The number of carboxylic acid groups (broad SMARTS) is 1. The number of aromatic carboxylic acids is 1. The van der Waals surface area contributed by atoms with Gasteiger partial charge in [0.05, 0.1) is 5.56 Å². The Bertz CT molecular complexity index is 1210. The van der Waals surface area contributed by atoms with E-state index in [1.54, 1.807) is 12.1 Å². The lowest BCUT2D eigenvalue weighted by Crippen LogP contribution is -2.65. The Kier molecular flexibility index (Phi) is 12.6. The molecule has 1 aromatic carbocycles. The topological polar surface area (TPSA) is 65.0 Å². The first-order chi connectivity index (χ1) is 21.8. The van der Waals surface area contributed by atoms with Crippen LogP contribution in [-0.2, 0) is 0 Å². The van der Waals surface area contributed by atoms with Crippen molar-refractivity contribution in [3.8, 4) is 17.2 Å². The van der Waals surface area contributed by atoms with E-state index in [2.05, 4.69) is 187 Å². The van der Waals surface area contributed by atoms with E-state index in [4.69, 9.17) is 13.3 Å². The zero-order valence-corrected chi connectivity index (χ0v) is 41.7. The number of benzene rings is 1. The van der Waals surface area contributed by atoms with Gasteiger partial charge in [0, 0.05) is 0 Å². The minimum absolute atomic E-state index is 0.154. The van der Waals surface area contributed by atoms with Gasteiger partial charge in [-0.25, -0.2) is 4.79 Å². The summed E-state index contributed by atoms with van der Waals surface area (Å²) < 4.78 is 23.6. The predicted octanol–water partition coefficient (Wildman–Crippen LogP) is 15.6. The summed E-state index contributed by atoms with van der Waals surface area (Å²) in [6.45, 7) is 62.2. The molecule has 8 heteroatoms. The van der Waals surface area contributed by atoms with Crippen LogP contribution in [0.2, 0.25) is 45.3 Å². The van der Waals surface area contributed by atoms with E-state index in [1.807, 2.05) is 0 Å². The number of carbonyl (C=O) groups is 1. The summed E-state index contributed by atoms with van der Waals surface area (Å²) >= 11 is 0. The van der Waals surface area contributed by atoms with Crippen molar-refractivity contribution in [1.82, 2.24) is 0 Å². The fourth-order valence-corrected chi connectivity index (χ4v) is 37.4. The molecule has 298 valence electrons. The molecule has 0 heterocycles. The second kappa shape index (κ2) is 13.5. The van der Waals surface area contributed by atoms with Crippen LogP contribution < -0.4 is 13.3 Å². The van der Waals surface area contributed by atoms with E-state index in [0.29, 0.717) is 17.2 Å². The Morgan fingerprint density at radius 1 is 0.392 bits per heavy atom. The van der Waals surface area contributed by atoms with Gasteiger partial charge in [0.2, 0.25) is 0 Å². The quantitative estimate of drug-likeness (QED) is 0.280.